The summed E-state index contributed by atoms with van der Waals surface area (Å²) >= 11 is 0. The minimum Gasteiger partial charge on any atom is -0.507 e. The zero-order valence-electron chi connectivity index (χ0n) is 12.7. The van der Waals surface area contributed by atoms with Crippen molar-refractivity contribution >= 4 is 17.6 Å². The third-order valence-electron chi connectivity index (χ3n) is 3.27. The molecule has 9 heteroatoms. The number of urea groups is 1. The fourth-order valence-electron chi connectivity index (χ4n) is 2.06. The molecular formula is C15H14N6O3. The van der Waals surface area contributed by atoms with Crippen LogP contribution in [0.15, 0.2) is 41.8 Å². The van der Waals surface area contributed by atoms with Gasteiger partial charge in [-0.05, 0) is 19.1 Å². The number of nitrogens with one attached hydrogen (secondary N) is 2. The topological polar surface area (TPSA) is 120 Å². The van der Waals surface area contributed by atoms with Crippen LogP contribution >= 0.6 is 0 Å². The van der Waals surface area contributed by atoms with Gasteiger partial charge in [0.05, 0.1) is 23.4 Å². The van der Waals surface area contributed by atoms with Crippen molar-refractivity contribution in [2.75, 3.05) is 6.54 Å². The zero-order valence-corrected chi connectivity index (χ0v) is 12.7. The Kier molecular flexibility index (Phi) is 4.06. The maximum absolute atomic E-state index is 12.2. The van der Waals surface area contributed by atoms with E-state index in [0.717, 1.165) is 5.01 Å². The van der Waals surface area contributed by atoms with Gasteiger partial charge in [0.25, 0.3) is 5.91 Å². The van der Waals surface area contributed by atoms with Gasteiger partial charge in [-0.2, -0.15) is 5.10 Å². The fraction of sp³-hybridized carbons (Fsp3) is 0.133. The van der Waals surface area contributed by atoms with E-state index in [9.17, 15) is 14.7 Å². The Morgan fingerprint density at radius 2 is 2.00 bits per heavy atom. The molecule has 0 unspecified atom stereocenters. The van der Waals surface area contributed by atoms with E-state index < -0.39 is 11.9 Å². The Bertz CT molecular complexity index is 818. The number of hydrogen-bond acceptors (Lipinski definition) is 6. The largest absolute Gasteiger partial charge is 0.507 e. The number of hydrazone groups is 1. The lowest BCUT2D eigenvalue weighted by atomic mass is 10.2. The van der Waals surface area contributed by atoms with Gasteiger partial charge in [-0.1, -0.05) is 12.1 Å². The van der Waals surface area contributed by atoms with Crippen LogP contribution in [-0.2, 0) is 0 Å². The van der Waals surface area contributed by atoms with Crippen LogP contribution in [0, 0.1) is 0 Å². The number of phenols is 1. The van der Waals surface area contributed by atoms with Crippen molar-refractivity contribution < 1.29 is 14.7 Å². The highest BCUT2D eigenvalue weighted by Crippen LogP contribution is 2.24. The van der Waals surface area contributed by atoms with Crippen molar-refractivity contribution in [3.63, 3.8) is 0 Å². The van der Waals surface area contributed by atoms with Crippen LogP contribution in [0.4, 0.5) is 4.79 Å². The van der Waals surface area contributed by atoms with E-state index in [4.69, 9.17) is 0 Å². The van der Waals surface area contributed by atoms with Crippen LogP contribution in [0.1, 0.15) is 17.3 Å². The van der Waals surface area contributed by atoms with Crippen molar-refractivity contribution in [2.24, 2.45) is 5.10 Å². The zero-order chi connectivity index (χ0) is 17.1. The van der Waals surface area contributed by atoms with E-state index in [-0.39, 0.29) is 17.9 Å². The molecule has 1 aliphatic heterocycles. The Balaban J connectivity index is 1.74. The molecule has 9 nitrogen and oxygen atoms in total. The first-order chi connectivity index (χ1) is 11.5. The van der Waals surface area contributed by atoms with E-state index in [1.54, 1.807) is 25.1 Å². The summed E-state index contributed by atoms with van der Waals surface area (Å²) in [6.45, 7) is 1.91. The van der Waals surface area contributed by atoms with E-state index >= 15 is 0 Å². The Labute approximate surface area is 137 Å². The normalized spacial score (nSPS) is 14.0. The van der Waals surface area contributed by atoms with Crippen molar-refractivity contribution in [2.45, 2.75) is 6.92 Å². The fourth-order valence-corrected chi connectivity index (χ4v) is 2.06. The molecule has 3 rings (SSSR count). The predicted octanol–water partition coefficient (Wildman–Crippen LogP) is 0.895. The number of amides is 3. The molecule has 0 fully saturated rings. The highest BCUT2D eigenvalue weighted by Gasteiger charge is 2.21. The second kappa shape index (κ2) is 6.32. The predicted molar refractivity (Wildman–Crippen MR) is 84.9 cm³/mol. The van der Waals surface area contributed by atoms with E-state index in [0.29, 0.717) is 17.1 Å². The van der Waals surface area contributed by atoms with Gasteiger partial charge in [-0.15, -0.1) is 0 Å². The second-order valence-corrected chi connectivity index (χ2v) is 5.10. The molecule has 3 amide bonds. The first-order valence-corrected chi connectivity index (χ1v) is 7.06. The average molecular weight is 326 g/mol. The molecule has 0 aliphatic carbocycles. The van der Waals surface area contributed by atoms with E-state index in [1.807, 2.05) is 0 Å². The molecule has 24 heavy (non-hydrogen) atoms. The number of hydrazine groups is 1. The van der Waals surface area contributed by atoms with Gasteiger partial charge in [-0.25, -0.2) is 25.2 Å². The van der Waals surface area contributed by atoms with Gasteiger partial charge in [0.1, 0.15) is 5.75 Å². The number of hydrogen-bond donors (Lipinski definition) is 3. The minimum absolute atomic E-state index is 0.0504. The maximum Gasteiger partial charge on any atom is 0.356 e. The van der Waals surface area contributed by atoms with Gasteiger partial charge >= 0.3 is 6.03 Å². The average Bonchev–Trinajstić information content (AvgIpc) is 2.59. The molecule has 0 bridgehead atoms. The maximum atomic E-state index is 12.2. The second-order valence-electron chi connectivity index (χ2n) is 5.10. The third kappa shape index (κ3) is 3.14. The lowest BCUT2D eigenvalue weighted by molar-refractivity contribution is 0.0838. The minimum atomic E-state index is -0.527. The van der Waals surface area contributed by atoms with Crippen LogP contribution in [0.3, 0.4) is 0 Å². The van der Waals surface area contributed by atoms with Crippen LogP contribution in [0.2, 0.25) is 0 Å². The summed E-state index contributed by atoms with van der Waals surface area (Å²) in [6.07, 6.45) is 2.65. The standard InChI is InChI=1S/C15H14N6O3/c1-9-8-21(15(24)19-18-9)20-14(23)10-6-16-13(17-7-10)11-4-2-3-5-12(11)22/h2-7,22H,8H2,1H3,(H,19,24)(H,20,23). The van der Waals surface area contributed by atoms with E-state index in [2.05, 4.69) is 25.9 Å². The van der Waals surface area contributed by atoms with Crippen molar-refractivity contribution in [3.8, 4) is 17.1 Å². The summed E-state index contributed by atoms with van der Waals surface area (Å²) in [7, 11) is 0. The number of carbonyl (C=O) groups is 2. The molecule has 1 aromatic carbocycles. The van der Waals surface area contributed by atoms with E-state index in [1.165, 1.54) is 18.5 Å². The molecule has 0 saturated heterocycles. The van der Waals surface area contributed by atoms with Gasteiger partial charge < -0.3 is 5.11 Å². The molecule has 3 N–H and O–H groups in total. The first kappa shape index (κ1) is 15.4. The number of rotatable bonds is 3. The lowest BCUT2D eigenvalue weighted by Crippen LogP contribution is -2.54. The van der Waals surface area contributed by atoms with Gasteiger partial charge in [0.2, 0.25) is 0 Å². The van der Waals surface area contributed by atoms with Crippen molar-refractivity contribution in [1.82, 2.24) is 25.8 Å². The highest BCUT2D eigenvalue weighted by molar-refractivity contribution is 5.97. The molecule has 0 radical (unpaired) electrons. The number of nitrogens with zero attached hydrogens (tertiary/aromatic N) is 4. The lowest BCUT2D eigenvalue weighted by Gasteiger charge is -2.25. The van der Waals surface area contributed by atoms with Crippen LogP contribution in [0.5, 0.6) is 5.75 Å². The number of aromatic hydroxyl groups is 1. The molecule has 2 heterocycles. The SMILES string of the molecule is CC1=NNC(=O)N(NC(=O)c2cnc(-c3ccccc3O)nc2)C1. The van der Waals surface area contributed by atoms with Gasteiger partial charge in [-0.3, -0.25) is 10.2 Å². The van der Waals surface area contributed by atoms with Crippen LogP contribution in [-0.4, -0.2) is 44.3 Å². The molecule has 1 aliphatic rings. The molecule has 0 atom stereocenters. The smallest absolute Gasteiger partial charge is 0.356 e. The summed E-state index contributed by atoms with van der Waals surface area (Å²) in [5, 5.41) is 14.7. The van der Waals surface area contributed by atoms with Crippen molar-refractivity contribution in [3.05, 3.63) is 42.2 Å². The first-order valence-electron chi connectivity index (χ1n) is 7.06. The molecule has 2 aromatic rings. The number of phenolic OH excluding ortho intramolecular Hbond substituents is 1. The molecule has 0 saturated carbocycles. The van der Waals surface area contributed by atoms with Gasteiger partial charge in [0.15, 0.2) is 5.82 Å². The van der Waals surface area contributed by atoms with Crippen LogP contribution < -0.4 is 10.9 Å². The number of aromatic nitrogens is 2. The van der Waals surface area contributed by atoms with Crippen LogP contribution in [0.25, 0.3) is 11.4 Å². The molecular weight excluding hydrogens is 312 g/mol. The van der Waals surface area contributed by atoms with Crippen molar-refractivity contribution in [1.29, 1.82) is 0 Å². The van der Waals surface area contributed by atoms with Gasteiger partial charge in [0, 0.05) is 12.4 Å². The number of benzene rings is 1. The molecule has 122 valence electrons. The Morgan fingerprint density at radius 1 is 1.29 bits per heavy atom. The summed E-state index contributed by atoms with van der Waals surface area (Å²) in [6, 6.07) is 6.11. The molecule has 0 spiro atoms. The molecule has 1 aromatic heterocycles. The quantitative estimate of drug-likeness (QED) is 0.774. The Morgan fingerprint density at radius 3 is 2.71 bits per heavy atom. The number of carbonyl (C=O) groups excluding carboxylic acids is 2. The summed E-state index contributed by atoms with van der Waals surface area (Å²) in [5.74, 6) is -0.179. The highest BCUT2D eigenvalue weighted by atomic mass is 16.3. The monoisotopic (exact) mass is 326 g/mol. The summed E-state index contributed by atoms with van der Waals surface area (Å²) in [4.78, 5) is 32.0. The summed E-state index contributed by atoms with van der Waals surface area (Å²) in [5.41, 5.74) is 6.04. The summed E-state index contributed by atoms with van der Waals surface area (Å²) < 4.78 is 0. The third-order valence-corrected chi connectivity index (χ3v) is 3.27. The Hall–Kier alpha value is -3.49. The number of para-hydroxylation sites is 1.